The smallest absolute Gasteiger partial charge is 0.231 e. The molecule has 1 amide bonds. The van der Waals surface area contributed by atoms with Crippen molar-refractivity contribution in [3.05, 3.63) is 112 Å². The third-order valence-corrected chi connectivity index (χ3v) is 8.85. The van der Waals surface area contributed by atoms with Gasteiger partial charge in [0.2, 0.25) is 5.91 Å². The molecule has 0 unspecified atom stereocenters. The summed E-state index contributed by atoms with van der Waals surface area (Å²) in [5.41, 5.74) is 4.25. The number of carbonyl (C=O) groups is 1. The minimum atomic E-state index is -0.0547. The lowest BCUT2D eigenvalue weighted by Gasteiger charge is -2.10. The molecule has 0 aliphatic rings. The van der Waals surface area contributed by atoms with Crippen LogP contribution in [0.3, 0.4) is 0 Å². The number of methoxy groups -OCH3 is 1. The lowest BCUT2D eigenvalue weighted by Crippen LogP contribution is -2.17. The molecule has 44 heavy (non-hydrogen) atoms. The zero-order valence-corrected chi connectivity index (χ0v) is 27.2. The molecule has 9 heteroatoms. The van der Waals surface area contributed by atoms with Crippen molar-refractivity contribution in [1.82, 2.24) is 9.29 Å². The number of halogens is 2. The van der Waals surface area contributed by atoms with E-state index in [9.17, 15) is 4.79 Å². The normalized spacial score (nSPS) is 11.0. The van der Waals surface area contributed by atoms with E-state index in [0.717, 1.165) is 62.0 Å². The average Bonchev–Trinajstić information content (AvgIpc) is 3.37. The second-order valence-corrected chi connectivity index (χ2v) is 12.2. The summed E-state index contributed by atoms with van der Waals surface area (Å²) >= 11 is 13.9. The highest BCUT2D eigenvalue weighted by molar-refractivity contribution is 7.98. The van der Waals surface area contributed by atoms with Gasteiger partial charge in [0, 0.05) is 45.0 Å². The molecule has 1 aromatic heterocycles. The van der Waals surface area contributed by atoms with Crippen molar-refractivity contribution in [2.75, 3.05) is 13.7 Å². The molecule has 1 N–H and O–H groups in total. The second-order valence-electron chi connectivity index (χ2n) is 10.5. The van der Waals surface area contributed by atoms with E-state index < -0.39 is 0 Å². The number of ether oxygens (including phenoxy) is 3. The van der Waals surface area contributed by atoms with Gasteiger partial charge in [0.05, 0.1) is 13.7 Å². The molecule has 5 rings (SSSR count). The fourth-order valence-corrected chi connectivity index (χ4v) is 5.79. The van der Waals surface area contributed by atoms with Gasteiger partial charge in [-0.15, -0.1) is 0 Å². The summed E-state index contributed by atoms with van der Waals surface area (Å²) in [4.78, 5) is 13.7. The summed E-state index contributed by atoms with van der Waals surface area (Å²) in [6.07, 6.45) is 4.15. The van der Waals surface area contributed by atoms with Crippen LogP contribution in [0.1, 0.15) is 29.5 Å². The maximum Gasteiger partial charge on any atom is 0.231 e. The number of hydrogen-bond acceptors (Lipinski definition) is 5. The quantitative estimate of drug-likeness (QED) is 0.102. The van der Waals surface area contributed by atoms with Gasteiger partial charge in [-0.25, -0.2) is 0 Å². The van der Waals surface area contributed by atoms with Crippen LogP contribution >= 0.6 is 35.1 Å². The molecule has 228 valence electrons. The maximum atomic E-state index is 12.7. The van der Waals surface area contributed by atoms with E-state index in [4.69, 9.17) is 37.4 Å². The molecular formula is C35H34Cl2N2O4S. The summed E-state index contributed by atoms with van der Waals surface area (Å²) in [7, 11) is 1.63. The van der Waals surface area contributed by atoms with E-state index in [0.29, 0.717) is 30.3 Å². The second kappa shape index (κ2) is 14.8. The summed E-state index contributed by atoms with van der Waals surface area (Å²) < 4.78 is 22.1. The Morgan fingerprint density at radius 3 is 2.20 bits per heavy atom. The minimum Gasteiger partial charge on any atom is -0.497 e. The molecule has 1 heterocycles. The van der Waals surface area contributed by atoms with Crippen molar-refractivity contribution < 1.29 is 19.0 Å². The maximum absolute atomic E-state index is 12.7. The summed E-state index contributed by atoms with van der Waals surface area (Å²) in [5, 5.41) is 2.58. The van der Waals surface area contributed by atoms with Crippen LogP contribution in [-0.2, 0) is 17.8 Å². The molecule has 5 aromatic rings. The Labute approximate surface area is 272 Å². The molecule has 6 nitrogen and oxygen atoms in total. The predicted octanol–water partition coefficient (Wildman–Crippen LogP) is 9.59. The average molecular weight is 650 g/mol. The third kappa shape index (κ3) is 8.23. The molecule has 0 bridgehead atoms. The summed E-state index contributed by atoms with van der Waals surface area (Å²) in [6.45, 7) is 5.10. The Morgan fingerprint density at radius 1 is 0.864 bits per heavy atom. The monoisotopic (exact) mass is 648 g/mol. The van der Waals surface area contributed by atoms with Gasteiger partial charge < -0.3 is 18.8 Å². The first kappa shape index (κ1) is 31.6. The van der Waals surface area contributed by atoms with Gasteiger partial charge in [-0.2, -0.15) is 0 Å². The van der Waals surface area contributed by atoms with E-state index in [2.05, 4.69) is 15.5 Å². The van der Waals surface area contributed by atoms with E-state index in [1.54, 1.807) is 7.11 Å². The summed E-state index contributed by atoms with van der Waals surface area (Å²) in [6, 6.07) is 24.8. The zero-order chi connectivity index (χ0) is 31.1. The molecule has 0 aliphatic heterocycles. The summed E-state index contributed by atoms with van der Waals surface area (Å²) in [5.74, 6) is 2.98. The Balaban J connectivity index is 1.12. The standard InChI is InChI=1S/C35H34Cl2N2O4S/c1-23-19-30(20-24(2)35(23)37)42-18-4-5-25-22-39(33-21-26(36)6-15-32(25)33)17-16-34(40)38-44-31-13-11-29(12-14-31)43-28-9-7-27(41-3)8-10-28/h6-15,19-22H,4-5,16-18H2,1-3H3,(H,38,40). The SMILES string of the molecule is COc1ccc(Oc2ccc(SNC(=O)CCn3cc(CCCOc4cc(C)c(Cl)c(C)c4)c4ccc(Cl)cc43)cc2)cc1. The van der Waals surface area contributed by atoms with Crippen LogP contribution in [0.15, 0.2) is 90.0 Å². The third-order valence-electron chi connectivity index (χ3n) is 7.18. The van der Waals surface area contributed by atoms with Crippen LogP contribution in [0.5, 0.6) is 23.0 Å². The molecule has 0 atom stereocenters. The number of rotatable bonds is 13. The van der Waals surface area contributed by atoms with Crippen LogP contribution in [0.2, 0.25) is 10.0 Å². The van der Waals surface area contributed by atoms with Gasteiger partial charge in [0.1, 0.15) is 23.0 Å². The van der Waals surface area contributed by atoms with Gasteiger partial charge in [0.25, 0.3) is 0 Å². The lowest BCUT2D eigenvalue weighted by molar-refractivity contribution is -0.119. The van der Waals surface area contributed by atoms with Gasteiger partial charge in [-0.05, 0) is 128 Å². The van der Waals surface area contributed by atoms with Gasteiger partial charge >= 0.3 is 0 Å². The van der Waals surface area contributed by atoms with Crippen LogP contribution in [0.25, 0.3) is 10.9 Å². The molecule has 0 saturated carbocycles. The van der Waals surface area contributed by atoms with Crippen molar-refractivity contribution in [2.45, 2.75) is 44.6 Å². The molecule has 4 aromatic carbocycles. The largest absolute Gasteiger partial charge is 0.497 e. The Kier molecular flexibility index (Phi) is 10.6. The first-order valence-electron chi connectivity index (χ1n) is 14.3. The molecule has 0 radical (unpaired) electrons. The first-order valence-corrected chi connectivity index (χ1v) is 15.9. The van der Waals surface area contributed by atoms with Crippen LogP contribution < -0.4 is 18.9 Å². The number of aryl methyl sites for hydroxylation is 4. The number of hydrogen-bond donors (Lipinski definition) is 1. The number of fused-ring (bicyclic) bond motifs is 1. The van der Waals surface area contributed by atoms with E-state index >= 15 is 0 Å². The van der Waals surface area contributed by atoms with Gasteiger partial charge in [-0.3, -0.25) is 9.52 Å². The van der Waals surface area contributed by atoms with E-state index in [1.807, 2.05) is 92.7 Å². The number of aromatic nitrogens is 1. The minimum absolute atomic E-state index is 0.0547. The predicted molar refractivity (Wildman–Crippen MR) is 180 cm³/mol. The van der Waals surface area contributed by atoms with E-state index in [1.165, 1.54) is 17.5 Å². The number of carbonyl (C=O) groups excluding carboxylic acids is 1. The number of amides is 1. The highest BCUT2D eigenvalue weighted by Crippen LogP contribution is 2.29. The van der Waals surface area contributed by atoms with Crippen LogP contribution in [-0.4, -0.2) is 24.2 Å². The Bertz CT molecular complexity index is 1710. The number of nitrogens with zero attached hydrogens (tertiary/aromatic N) is 1. The fraction of sp³-hybridized carbons (Fsp3) is 0.229. The van der Waals surface area contributed by atoms with Crippen LogP contribution in [0, 0.1) is 13.8 Å². The molecule has 0 aliphatic carbocycles. The molecule has 0 spiro atoms. The van der Waals surface area contributed by atoms with Gasteiger partial charge in [0.15, 0.2) is 0 Å². The Morgan fingerprint density at radius 2 is 1.52 bits per heavy atom. The highest BCUT2D eigenvalue weighted by Gasteiger charge is 2.12. The van der Waals surface area contributed by atoms with Crippen molar-refractivity contribution in [1.29, 1.82) is 0 Å². The number of benzene rings is 4. The Hall–Kier alpha value is -3.78. The topological polar surface area (TPSA) is 61.7 Å². The van der Waals surface area contributed by atoms with Crippen molar-refractivity contribution in [3.63, 3.8) is 0 Å². The fourth-order valence-electron chi connectivity index (χ4n) is 4.91. The van der Waals surface area contributed by atoms with Crippen LogP contribution in [0.4, 0.5) is 0 Å². The van der Waals surface area contributed by atoms with Crippen molar-refractivity contribution in [3.8, 4) is 23.0 Å². The lowest BCUT2D eigenvalue weighted by atomic mass is 10.1. The first-order chi connectivity index (χ1) is 21.3. The zero-order valence-electron chi connectivity index (χ0n) is 24.9. The molecule has 0 saturated heterocycles. The number of nitrogens with one attached hydrogen (secondary N) is 1. The molecule has 0 fully saturated rings. The van der Waals surface area contributed by atoms with Crippen molar-refractivity contribution in [2.24, 2.45) is 0 Å². The van der Waals surface area contributed by atoms with E-state index in [-0.39, 0.29) is 5.91 Å². The van der Waals surface area contributed by atoms with Gasteiger partial charge in [-0.1, -0.05) is 29.3 Å². The highest BCUT2D eigenvalue weighted by atomic mass is 35.5. The molecular weight excluding hydrogens is 615 g/mol. The van der Waals surface area contributed by atoms with Crippen molar-refractivity contribution >= 4 is 52.0 Å².